The van der Waals surface area contributed by atoms with Crippen LogP contribution in [0, 0.1) is 11.3 Å². The minimum absolute atomic E-state index is 0.167. The van der Waals surface area contributed by atoms with Gasteiger partial charge < -0.3 is 28.9 Å². The second-order valence-electron chi connectivity index (χ2n) is 12.6. The van der Waals surface area contributed by atoms with E-state index in [0.717, 1.165) is 70.9 Å². The maximum Gasteiger partial charge on any atom is 0.318 e. The van der Waals surface area contributed by atoms with E-state index in [9.17, 15) is 10.1 Å². The molecule has 5 heterocycles. The van der Waals surface area contributed by atoms with Crippen molar-refractivity contribution in [2.45, 2.75) is 44.3 Å². The molecule has 11 nitrogen and oxygen atoms in total. The van der Waals surface area contributed by atoms with Gasteiger partial charge in [0.2, 0.25) is 0 Å². The Bertz CT molecular complexity index is 1900. The average Bonchev–Trinajstić information content (AvgIpc) is 3.73. The zero-order chi connectivity index (χ0) is 33.4. The van der Waals surface area contributed by atoms with Crippen LogP contribution in [0.15, 0.2) is 55.5 Å². The zero-order valence-corrected chi connectivity index (χ0v) is 28.4. The molecular formula is C35H37Cl2N9O2. The quantitative estimate of drug-likeness (QED) is 0.229. The van der Waals surface area contributed by atoms with Crippen molar-refractivity contribution in [3.8, 4) is 12.1 Å². The Morgan fingerprint density at radius 3 is 2.67 bits per heavy atom. The number of ether oxygens (including phenoxy) is 1. The molecule has 3 aliphatic rings. The molecule has 248 valence electrons. The third kappa shape index (κ3) is 6.28. The number of likely N-dealkylation sites (N-methyl/N-ethyl adjacent to an activating group) is 1. The number of anilines is 2. The van der Waals surface area contributed by atoms with Gasteiger partial charge in [-0.3, -0.25) is 4.79 Å². The Balaban J connectivity index is 1.19. The van der Waals surface area contributed by atoms with Crippen molar-refractivity contribution < 1.29 is 9.53 Å². The molecule has 48 heavy (non-hydrogen) atoms. The smallest absolute Gasteiger partial charge is 0.318 e. The summed E-state index contributed by atoms with van der Waals surface area (Å²) in [4.78, 5) is 36.1. The highest BCUT2D eigenvalue weighted by atomic mass is 35.5. The first-order valence-electron chi connectivity index (χ1n) is 16.3. The highest BCUT2D eigenvalue weighted by Gasteiger charge is 2.35. The van der Waals surface area contributed by atoms with Gasteiger partial charge in [0.1, 0.15) is 29.6 Å². The SMILES string of the molecule is C=C(C(=O)N1CCN(c2nc(OC[C@@H]3CCCN3C)nc3c2CCN(c2cccc4cccc(Cl)c24)C3)C[C@@H]1CC#N)n1cnc(Cl)c1. The Morgan fingerprint density at radius 2 is 1.92 bits per heavy atom. The number of hydrogen-bond acceptors (Lipinski definition) is 9. The molecule has 1 amide bonds. The predicted molar refractivity (Wildman–Crippen MR) is 187 cm³/mol. The van der Waals surface area contributed by atoms with Crippen LogP contribution in [0.2, 0.25) is 10.2 Å². The maximum absolute atomic E-state index is 13.6. The van der Waals surface area contributed by atoms with Crippen molar-refractivity contribution in [3.05, 3.63) is 76.9 Å². The van der Waals surface area contributed by atoms with Crippen LogP contribution in [-0.2, 0) is 17.8 Å². The van der Waals surface area contributed by atoms with Gasteiger partial charge in [0, 0.05) is 55.1 Å². The number of nitrogens with zero attached hydrogens (tertiary/aromatic N) is 9. The summed E-state index contributed by atoms with van der Waals surface area (Å²) in [5.74, 6) is 0.545. The van der Waals surface area contributed by atoms with E-state index in [4.69, 9.17) is 37.9 Å². The van der Waals surface area contributed by atoms with Gasteiger partial charge in [0.15, 0.2) is 0 Å². The lowest BCUT2D eigenvalue weighted by atomic mass is 10.0. The molecule has 2 aromatic carbocycles. The van der Waals surface area contributed by atoms with Gasteiger partial charge >= 0.3 is 6.01 Å². The standard InChI is InChI=1S/C35H37Cl2N9O2/c1-23(45-20-31(37)39-22-45)34(47)46-17-16-44(18-25(46)11-13-38)33-27-12-15-43(30-10-4-7-24-6-3-9-28(36)32(24)30)19-29(27)40-35(41-33)48-21-26-8-5-14-42(26)2/h3-4,6-7,9-10,20,22,25-26H,1,5,8,11-12,14-19,21H2,2H3/t25-,26-/m0/s1. The molecule has 7 rings (SSSR count). The van der Waals surface area contributed by atoms with Gasteiger partial charge in [-0.05, 0) is 50.4 Å². The van der Waals surface area contributed by atoms with E-state index in [2.05, 4.69) is 63.6 Å². The van der Waals surface area contributed by atoms with Crippen molar-refractivity contribution in [3.63, 3.8) is 0 Å². The number of carbonyl (C=O) groups is 1. The van der Waals surface area contributed by atoms with E-state index in [1.54, 1.807) is 11.1 Å². The summed E-state index contributed by atoms with van der Waals surface area (Å²) in [6, 6.07) is 14.8. The summed E-state index contributed by atoms with van der Waals surface area (Å²) in [5.41, 5.74) is 3.27. The Labute approximate surface area is 289 Å². The number of halogens is 2. The third-order valence-corrected chi connectivity index (χ3v) is 10.3. The largest absolute Gasteiger partial charge is 0.462 e. The van der Waals surface area contributed by atoms with Crippen LogP contribution in [0.25, 0.3) is 16.5 Å². The molecule has 0 radical (unpaired) electrons. The van der Waals surface area contributed by atoms with E-state index in [0.29, 0.717) is 44.8 Å². The summed E-state index contributed by atoms with van der Waals surface area (Å²) in [6.07, 6.45) is 6.12. The first-order valence-corrected chi connectivity index (χ1v) is 17.0. The number of rotatable bonds is 8. The average molecular weight is 687 g/mol. The minimum Gasteiger partial charge on any atom is -0.462 e. The van der Waals surface area contributed by atoms with Gasteiger partial charge in [0.25, 0.3) is 5.91 Å². The summed E-state index contributed by atoms with van der Waals surface area (Å²) in [5, 5.41) is 12.9. The van der Waals surface area contributed by atoms with E-state index in [1.165, 1.54) is 10.9 Å². The third-order valence-electron chi connectivity index (χ3n) is 9.75. The van der Waals surface area contributed by atoms with Crippen LogP contribution in [0.1, 0.15) is 30.5 Å². The molecular weight excluding hydrogens is 649 g/mol. The predicted octanol–water partition coefficient (Wildman–Crippen LogP) is 5.27. The molecule has 3 aliphatic heterocycles. The zero-order valence-electron chi connectivity index (χ0n) is 26.9. The Kier molecular flexibility index (Phi) is 9.14. The fraction of sp³-hybridized carbons (Fsp3) is 0.400. The lowest BCUT2D eigenvalue weighted by Crippen LogP contribution is -2.56. The number of amides is 1. The van der Waals surface area contributed by atoms with Gasteiger partial charge in [-0.2, -0.15) is 15.2 Å². The molecule has 0 unspecified atom stereocenters. The summed E-state index contributed by atoms with van der Waals surface area (Å²) < 4.78 is 7.84. The first kappa shape index (κ1) is 32.2. The van der Waals surface area contributed by atoms with E-state index in [-0.39, 0.29) is 29.2 Å². The minimum atomic E-state index is -0.368. The number of aromatic nitrogens is 4. The second-order valence-corrected chi connectivity index (χ2v) is 13.4. The number of fused-ring (bicyclic) bond motifs is 2. The highest BCUT2D eigenvalue weighted by molar-refractivity contribution is 6.36. The van der Waals surface area contributed by atoms with Crippen LogP contribution >= 0.6 is 23.2 Å². The Hall–Kier alpha value is -4.37. The fourth-order valence-corrected chi connectivity index (χ4v) is 7.57. The summed E-state index contributed by atoms with van der Waals surface area (Å²) in [6.45, 7) is 8.25. The van der Waals surface area contributed by atoms with Gasteiger partial charge in [0.05, 0.1) is 35.8 Å². The number of piperazine rings is 1. The lowest BCUT2D eigenvalue weighted by molar-refractivity contribution is -0.128. The van der Waals surface area contributed by atoms with Crippen molar-refractivity contribution in [2.24, 2.45) is 0 Å². The number of hydrogen-bond donors (Lipinski definition) is 0. The monoisotopic (exact) mass is 685 g/mol. The fourth-order valence-electron chi connectivity index (χ4n) is 7.14. The number of benzene rings is 2. The number of likely N-dealkylation sites (tertiary alicyclic amines) is 1. The summed E-state index contributed by atoms with van der Waals surface area (Å²) in [7, 11) is 2.12. The van der Waals surface area contributed by atoms with Crippen LogP contribution in [0.3, 0.4) is 0 Å². The lowest BCUT2D eigenvalue weighted by Gasteiger charge is -2.42. The van der Waals surface area contributed by atoms with Gasteiger partial charge in [-0.15, -0.1) is 0 Å². The second kappa shape index (κ2) is 13.6. The molecule has 13 heteroatoms. The molecule has 4 aromatic rings. The van der Waals surface area contributed by atoms with E-state index >= 15 is 0 Å². The van der Waals surface area contributed by atoms with Gasteiger partial charge in [-0.25, -0.2) is 4.98 Å². The summed E-state index contributed by atoms with van der Waals surface area (Å²) >= 11 is 12.7. The molecule has 0 N–H and O–H groups in total. The van der Waals surface area contributed by atoms with Crippen LogP contribution in [-0.4, -0.2) is 93.7 Å². The topological polar surface area (TPSA) is 107 Å². The first-order chi connectivity index (χ1) is 23.3. The normalized spacial score (nSPS) is 19.8. The number of carbonyl (C=O) groups excluding carboxylic acids is 1. The van der Waals surface area contributed by atoms with Crippen molar-refractivity contribution in [2.75, 3.05) is 56.2 Å². The van der Waals surface area contributed by atoms with Crippen molar-refractivity contribution in [1.29, 1.82) is 5.26 Å². The molecule has 0 bridgehead atoms. The van der Waals surface area contributed by atoms with E-state index in [1.807, 2.05) is 12.1 Å². The number of imidazole rings is 1. The van der Waals surface area contributed by atoms with E-state index < -0.39 is 0 Å². The molecule has 2 saturated heterocycles. The van der Waals surface area contributed by atoms with Crippen LogP contribution < -0.4 is 14.5 Å². The number of nitriles is 1. The molecule has 2 atom stereocenters. The van der Waals surface area contributed by atoms with Gasteiger partial charge in [-0.1, -0.05) is 54.0 Å². The van der Waals surface area contributed by atoms with Crippen LogP contribution in [0.4, 0.5) is 11.5 Å². The molecule has 2 fully saturated rings. The van der Waals surface area contributed by atoms with Crippen molar-refractivity contribution in [1.82, 2.24) is 29.3 Å². The molecule has 0 spiro atoms. The molecule has 2 aromatic heterocycles. The van der Waals surface area contributed by atoms with Crippen LogP contribution in [0.5, 0.6) is 6.01 Å². The van der Waals surface area contributed by atoms with Crippen molar-refractivity contribution >= 4 is 57.1 Å². The molecule has 0 aliphatic carbocycles. The molecule has 0 saturated carbocycles. The highest BCUT2D eigenvalue weighted by Crippen LogP contribution is 2.37. The maximum atomic E-state index is 13.6. The Morgan fingerprint density at radius 1 is 1.08 bits per heavy atom.